The van der Waals surface area contributed by atoms with Crippen molar-refractivity contribution < 1.29 is 4.79 Å². The summed E-state index contributed by atoms with van der Waals surface area (Å²) in [5.74, 6) is 0.0598. The molecule has 1 aliphatic rings. The van der Waals surface area contributed by atoms with Gasteiger partial charge in [-0.3, -0.25) is 14.7 Å². The fourth-order valence-corrected chi connectivity index (χ4v) is 3.24. The summed E-state index contributed by atoms with van der Waals surface area (Å²) in [6, 6.07) is 1.47. The van der Waals surface area contributed by atoms with E-state index in [4.69, 9.17) is 0 Å². The minimum Gasteiger partial charge on any atom is -0.351 e. The number of rotatable bonds is 3. The third-order valence-electron chi connectivity index (χ3n) is 4.77. The van der Waals surface area contributed by atoms with E-state index in [2.05, 4.69) is 20.7 Å². The monoisotopic (exact) mass is 317 g/mol. The molecule has 1 saturated heterocycles. The normalized spacial score (nSPS) is 21.5. The van der Waals surface area contributed by atoms with E-state index in [9.17, 15) is 9.59 Å². The van der Waals surface area contributed by atoms with Crippen LogP contribution in [-0.4, -0.2) is 33.6 Å². The van der Waals surface area contributed by atoms with Gasteiger partial charge in [-0.15, -0.1) is 0 Å². The zero-order chi connectivity index (χ0) is 16.6. The van der Waals surface area contributed by atoms with Gasteiger partial charge in [-0.25, -0.2) is 9.50 Å². The number of fused-ring (bicyclic) bond motifs is 1. The molecule has 3 N–H and O–H groups in total. The number of carbonyl (C=O) groups excluding carboxylic acids is 1. The molecule has 0 saturated carbocycles. The van der Waals surface area contributed by atoms with Crippen LogP contribution in [0.5, 0.6) is 0 Å². The SMILES string of the molecule is Cc1nc2cc(=O)[nH]n2c(C)c1CNC(=O)[C@@]1(C)CCCNC1. The van der Waals surface area contributed by atoms with Crippen LogP contribution in [0.1, 0.15) is 36.7 Å². The van der Waals surface area contributed by atoms with Gasteiger partial charge in [-0.1, -0.05) is 0 Å². The Labute approximate surface area is 134 Å². The number of nitrogens with zero attached hydrogens (tertiary/aromatic N) is 2. The van der Waals surface area contributed by atoms with Gasteiger partial charge in [-0.05, 0) is 40.2 Å². The number of carbonyl (C=O) groups is 1. The maximum atomic E-state index is 12.5. The van der Waals surface area contributed by atoms with Gasteiger partial charge in [0.25, 0.3) is 5.56 Å². The maximum Gasteiger partial charge on any atom is 0.266 e. The first-order valence-electron chi connectivity index (χ1n) is 7.97. The predicted molar refractivity (Wildman–Crippen MR) is 87.3 cm³/mol. The second kappa shape index (κ2) is 5.81. The summed E-state index contributed by atoms with van der Waals surface area (Å²) in [7, 11) is 0. The molecule has 0 aromatic carbocycles. The summed E-state index contributed by atoms with van der Waals surface area (Å²) >= 11 is 0. The van der Waals surface area contributed by atoms with Gasteiger partial charge in [0.05, 0.1) is 5.41 Å². The van der Waals surface area contributed by atoms with Crippen LogP contribution in [0.2, 0.25) is 0 Å². The van der Waals surface area contributed by atoms with Gasteiger partial charge in [0.2, 0.25) is 5.91 Å². The number of amides is 1. The molecule has 2 aromatic rings. The molecule has 7 heteroatoms. The molecular weight excluding hydrogens is 294 g/mol. The van der Waals surface area contributed by atoms with Gasteiger partial charge >= 0.3 is 0 Å². The number of H-pyrrole nitrogens is 1. The van der Waals surface area contributed by atoms with Crippen LogP contribution < -0.4 is 16.2 Å². The molecule has 1 amide bonds. The fourth-order valence-electron chi connectivity index (χ4n) is 3.24. The standard InChI is InChI=1S/C16H23N5O2/c1-10-12(11(2)21-13(19-10)7-14(22)20-21)8-18-15(23)16(3)5-4-6-17-9-16/h7,17H,4-6,8-9H2,1-3H3,(H,18,23)(H,20,22)/t16-/m0/s1. The van der Waals surface area contributed by atoms with E-state index in [0.717, 1.165) is 36.3 Å². The average molecular weight is 317 g/mol. The molecule has 3 heterocycles. The highest BCUT2D eigenvalue weighted by atomic mass is 16.2. The summed E-state index contributed by atoms with van der Waals surface area (Å²) in [5, 5.41) is 9.05. The average Bonchev–Trinajstić information content (AvgIpc) is 2.88. The van der Waals surface area contributed by atoms with Gasteiger partial charge in [0.15, 0.2) is 5.65 Å². The van der Waals surface area contributed by atoms with E-state index in [1.807, 2.05) is 20.8 Å². The number of aromatic nitrogens is 3. The van der Waals surface area contributed by atoms with Gasteiger partial charge in [-0.2, -0.15) is 0 Å². The van der Waals surface area contributed by atoms with Crippen molar-refractivity contribution in [3.63, 3.8) is 0 Å². The van der Waals surface area contributed by atoms with E-state index in [-0.39, 0.29) is 16.9 Å². The molecule has 124 valence electrons. The molecule has 2 aromatic heterocycles. The molecule has 0 spiro atoms. The lowest BCUT2D eigenvalue weighted by atomic mass is 9.82. The van der Waals surface area contributed by atoms with Crippen LogP contribution in [-0.2, 0) is 11.3 Å². The molecule has 7 nitrogen and oxygen atoms in total. The quantitative estimate of drug-likeness (QED) is 0.775. The topological polar surface area (TPSA) is 91.3 Å². The molecule has 1 aliphatic heterocycles. The second-order valence-corrected chi connectivity index (χ2v) is 6.60. The number of hydrogen-bond acceptors (Lipinski definition) is 4. The van der Waals surface area contributed by atoms with Gasteiger partial charge in [0, 0.05) is 36.1 Å². The van der Waals surface area contributed by atoms with Crippen molar-refractivity contribution >= 4 is 11.6 Å². The molecule has 0 radical (unpaired) electrons. The molecule has 0 aliphatic carbocycles. The zero-order valence-electron chi connectivity index (χ0n) is 13.8. The van der Waals surface area contributed by atoms with E-state index >= 15 is 0 Å². The molecule has 3 rings (SSSR count). The van der Waals surface area contributed by atoms with E-state index < -0.39 is 0 Å². The molecule has 0 unspecified atom stereocenters. The number of piperidine rings is 1. The van der Waals surface area contributed by atoms with E-state index in [1.165, 1.54) is 6.07 Å². The minimum atomic E-state index is -0.362. The smallest absolute Gasteiger partial charge is 0.266 e. The Morgan fingerprint density at radius 2 is 2.26 bits per heavy atom. The molecule has 1 atom stereocenters. The number of aryl methyl sites for hydroxylation is 2. The van der Waals surface area contributed by atoms with Crippen molar-refractivity contribution in [2.45, 2.75) is 40.2 Å². The van der Waals surface area contributed by atoms with Crippen molar-refractivity contribution in [3.8, 4) is 0 Å². The highest BCUT2D eigenvalue weighted by molar-refractivity contribution is 5.82. The van der Waals surface area contributed by atoms with Crippen LogP contribution >= 0.6 is 0 Å². The summed E-state index contributed by atoms with van der Waals surface area (Å²) in [6.45, 7) is 7.91. The van der Waals surface area contributed by atoms with Crippen LogP contribution in [0, 0.1) is 19.3 Å². The summed E-state index contributed by atoms with van der Waals surface area (Å²) in [4.78, 5) is 28.5. The lowest BCUT2D eigenvalue weighted by Crippen LogP contribution is -2.48. The molecule has 23 heavy (non-hydrogen) atoms. The van der Waals surface area contributed by atoms with Crippen molar-refractivity contribution in [3.05, 3.63) is 33.4 Å². The van der Waals surface area contributed by atoms with Gasteiger partial charge in [0.1, 0.15) is 0 Å². The third kappa shape index (κ3) is 2.88. The third-order valence-corrected chi connectivity index (χ3v) is 4.77. The van der Waals surface area contributed by atoms with Crippen molar-refractivity contribution in [1.82, 2.24) is 25.2 Å². The first-order chi connectivity index (χ1) is 10.9. The summed E-state index contributed by atoms with van der Waals surface area (Å²) in [5.41, 5.74) is 2.71. The van der Waals surface area contributed by atoms with Crippen LogP contribution in [0.15, 0.2) is 10.9 Å². The first-order valence-corrected chi connectivity index (χ1v) is 7.97. The molecule has 1 fully saturated rings. The van der Waals surface area contributed by atoms with Crippen molar-refractivity contribution in [2.24, 2.45) is 5.41 Å². The van der Waals surface area contributed by atoms with Crippen LogP contribution in [0.3, 0.4) is 0 Å². The number of aromatic amines is 1. The Balaban J connectivity index is 1.81. The minimum absolute atomic E-state index is 0.0598. The Kier molecular flexibility index (Phi) is 3.97. The zero-order valence-corrected chi connectivity index (χ0v) is 13.8. The second-order valence-electron chi connectivity index (χ2n) is 6.60. The van der Waals surface area contributed by atoms with Crippen molar-refractivity contribution in [1.29, 1.82) is 0 Å². The highest BCUT2D eigenvalue weighted by Crippen LogP contribution is 2.25. The Morgan fingerprint density at radius 1 is 1.48 bits per heavy atom. The highest BCUT2D eigenvalue weighted by Gasteiger charge is 2.34. The molecular formula is C16H23N5O2. The Bertz CT molecular complexity index is 799. The predicted octanol–water partition coefficient (Wildman–Crippen LogP) is 0.645. The van der Waals surface area contributed by atoms with Crippen LogP contribution in [0.4, 0.5) is 0 Å². The number of hydrogen-bond donors (Lipinski definition) is 3. The van der Waals surface area contributed by atoms with Gasteiger partial charge < -0.3 is 10.6 Å². The maximum absolute atomic E-state index is 12.5. The summed E-state index contributed by atoms with van der Waals surface area (Å²) < 4.78 is 1.67. The van der Waals surface area contributed by atoms with E-state index in [0.29, 0.717) is 18.7 Å². The first kappa shape index (κ1) is 15.7. The Hall–Kier alpha value is -2.15. The van der Waals surface area contributed by atoms with Crippen LogP contribution in [0.25, 0.3) is 5.65 Å². The lowest BCUT2D eigenvalue weighted by molar-refractivity contribution is -0.131. The summed E-state index contributed by atoms with van der Waals surface area (Å²) in [6.07, 6.45) is 1.91. The van der Waals surface area contributed by atoms with E-state index in [1.54, 1.807) is 4.52 Å². The lowest BCUT2D eigenvalue weighted by Gasteiger charge is -2.32. The molecule has 0 bridgehead atoms. The Morgan fingerprint density at radius 3 is 2.96 bits per heavy atom. The van der Waals surface area contributed by atoms with Crippen molar-refractivity contribution in [2.75, 3.05) is 13.1 Å². The fraction of sp³-hybridized carbons (Fsp3) is 0.562. The number of nitrogens with one attached hydrogen (secondary N) is 3. The largest absolute Gasteiger partial charge is 0.351 e.